The molecule has 1 unspecified atom stereocenters. The van der Waals surface area contributed by atoms with Crippen LogP contribution in [0.25, 0.3) is 0 Å². The van der Waals surface area contributed by atoms with Crippen molar-refractivity contribution in [1.29, 1.82) is 0 Å². The van der Waals surface area contributed by atoms with Crippen LogP contribution in [0.15, 0.2) is 0 Å². The van der Waals surface area contributed by atoms with Gasteiger partial charge in [0.15, 0.2) is 5.60 Å². The number of unbranched alkanes of at least 4 members (excludes halogenated alkanes) is 14. The summed E-state index contributed by atoms with van der Waals surface area (Å²) in [5, 5.41) is 27.3. The standard InChI is InChI=1S/C24H43NO8.C5H13N/c1-2-3-4-5-6-7-8-9-10-11-12-13-14-15-16-17-20(26)25-33-22(29)19-24(32,23(30)31)18-21(27)28;1-4-5-6(2)3/h32H,2-19H2,1H3,(H,25,26)(H,27,28)(H,30,31);4-5H2,1-3H3. The Morgan fingerprint density at radius 1 is 0.692 bits per heavy atom. The van der Waals surface area contributed by atoms with Gasteiger partial charge in [-0.15, -0.1) is 0 Å². The molecule has 0 aromatic heterocycles. The van der Waals surface area contributed by atoms with Gasteiger partial charge in [-0.25, -0.2) is 9.59 Å². The number of nitrogens with one attached hydrogen (secondary N) is 1. The van der Waals surface area contributed by atoms with E-state index in [1.165, 1.54) is 83.6 Å². The molecule has 4 N–H and O–H groups in total. The second-order valence-electron chi connectivity index (χ2n) is 10.6. The van der Waals surface area contributed by atoms with Gasteiger partial charge in [0.2, 0.25) is 0 Å². The van der Waals surface area contributed by atoms with E-state index < -0.39 is 42.3 Å². The zero-order valence-electron chi connectivity index (χ0n) is 25.0. The summed E-state index contributed by atoms with van der Waals surface area (Å²) in [5.74, 6) is -5.20. The lowest BCUT2D eigenvalue weighted by Gasteiger charge is -2.19. The molecule has 0 fully saturated rings. The minimum absolute atomic E-state index is 0.157. The largest absolute Gasteiger partial charge is 0.481 e. The van der Waals surface area contributed by atoms with E-state index in [0.717, 1.165) is 19.3 Å². The van der Waals surface area contributed by atoms with Gasteiger partial charge < -0.3 is 25.1 Å². The summed E-state index contributed by atoms with van der Waals surface area (Å²) in [7, 11) is 4.17. The van der Waals surface area contributed by atoms with Crippen molar-refractivity contribution in [3.05, 3.63) is 0 Å². The minimum atomic E-state index is -2.79. The maximum absolute atomic E-state index is 11.7. The third-order valence-corrected chi connectivity index (χ3v) is 6.24. The van der Waals surface area contributed by atoms with Crippen LogP contribution >= 0.6 is 0 Å². The average Bonchev–Trinajstić information content (AvgIpc) is 2.84. The van der Waals surface area contributed by atoms with Crippen molar-refractivity contribution in [3.63, 3.8) is 0 Å². The van der Waals surface area contributed by atoms with E-state index in [2.05, 4.69) is 37.7 Å². The molecule has 0 aliphatic heterocycles. The Hall–Kier alpha value is -2.20. The summed E-state index contributed by atoms with van der Waals surface area (Å²) in [4.78, 5) is 51.6. The molecule has 0 spiro atoms. The Labute approximate surface area is 235 Å². The van der Waals surface area contributed by atoms with E-state index in [4.69, 9.17) is 10.2 Å². The molecule has 0 bridgehead atoms. The summed E-state index contributed by atoms with van der Waals surface area (Å²) < 4.78 is 0. The van der Waals surface area contributed by atoms with Gasteiger partial charge in [0.25, 0.3) is 5.91 Å². The molecule has 0 saturated carbocycles. The van der Waals surface area contributed by atoms with Crippen LogP contribution in [0.5, 0.6) is 0 Å². The van der Waals surface area contributed by atoms with Gasteiger partial charge in [-0.3, -0.25) is 9.59 Å². The highest BCUT2D eigenvalue weighted by molar-refractivity contribution is 5.88. The van der Waals surface area contributed by atoms with Crippen molar-refractivity contribution < 1.29 is 39.3 Å². The smallest absolute Gasteiger partial charge is 0.336 e. The number of hydrogen-bond donors (Lipinski definition) is 4. The minimum Gasteiger partial charge on any atom is -0.481 e. The SMILES string of the molecule is CCCCCCCCCCCCCCCCCC(=O)NOC(=O)CC(O)(CC(=O)O)C(=O)O.CCCN(C)C. The maximum Gasteiger partial charge on any atom is 0.336 e. The van der Waals surface area contributed by atoms with Crippen molar-refractivity contribution in [2.24, 2.45) is 0 Å². The highest BCUT2D eigenvalue weighted by atomic mass is 16.7. The zero-order valence-corrected chi connectivity index (χ0v) is 25.0. The van der Waals surface area contributed by atoms with Crippen LogP contribution in [0.3, 0.4) is 0 Å². The molecule has 230 valence electrons. The lowest BCUT2D eigenvalue weighted by molar-refractivity contribution is -0.175. The third-order valence-electron chi connectivity index (χ3n) is 6.24. The van der Waals surface area contributed by atoms with Crippen molar-refractivity contribution >= 4 is 23.8 Å². The van der Waals surface area contributed by atoms with E-state index in [0.29, 0.717) is 6.42 Å². The van der Waals surface area contributed by atoms with Crippen LogP contribution in [0.1, 0.15) is 136 Å². The van der Waals surface area contributed by atoms with Crippen molar-refractivity contribution in [2.75, 3.05) is 20.6 Å². The molecule has 0 aliphatic rings. The quantitative estimate of drug-likeness (QED) is 0.0942. The van der Waals surface area contributed by atoms with E-state index >= 15 is 0 Å². The zero-order chi connectivity index (χ0) is 29.9. The first-order valence-corrected chi connectivity index (χ1v) is 14.8. The second-order valence-corrected chi connectivity index (χ2v) is 10.6. The molecular weight excluding hydrogens is 504 g/mol. The van der Waals surface area contributed by atoms with Crippen LogP contribution in [0.4, 0.5) is 0 Å². The number of hydrogen-bond acceptors (Lipinski definition) is 7. The number of rotatable bonds is 23. The molecule has 10 nitrogen and oxygen atoms in total. The number of carboxylic acids is 2. The Morgan fingerprint density at radius 3 is 1.46 bits per heavy atom. The number of amides is 1. The van der Waals surface area contributed by atoms with Crippen molar-refractivity contribution in [1.82, 2.24) is 10.4 Å². The van der Waals surface area contributed by atoms with Crippen LogP contribution in [0.2, 0.25) is 0 Å². The highest BCUT2D eigenvalue weighted by Crippen LogP contribution is 2.17. The molecule has 0 heterocycles. The van der Waals surface area contributed by atoms with Crippen LogP contribution in [-0.2, 0) is 24.0 Å². The van der Waals surface area contributed by atoms with Crippen molar-refractivity contribution in [2.45, 2.75) is 141 Å². The normalized spacial score (nSPS) is 12.3. The maximum atomic E-state index is 11.7. The molecule has 0 aromatic carbocycles. The first-order valence-electron chi connectivity index (χ1n) is 14.8. The molecular formula is C29H56N2O8. The van der Waals surface area contributed by atoms with E-state index in [1.807, 2.05) is 5.48 Å². The fourth-order valence-electron chi connectivity index (χ4n) is 4.01. The Balaban J connectivity index is 0. The van der Waals surface area contributed by atoms with Crippen LogP contribution < -0.4 is 5.48 Å². The molecule has 0 aliphatic carbocycles. The number of carbonyl (C=O) groups is 4. The van der Waals surface area contributed by atoms with Gasteiger partial charge in [-0.1, -0.05) is 104 Å². The van der Waals surface area contributed by atoms with Gasteiger partial charge in [0.05, 0.1) is 12.8 Å². The number of carbonyl (C=O) groups excluding carboxylic acids is 2. The Morgan fingerprint density at radius 2 is 1.13 bits per heavy atom. The predicted molar refractivity (Wildman–Crippen MR) is 152 cm³/mol. The monoisotopic (exact) mass is 560 g/mol. The molecule has 0 radical (unpaired) electrons. The first-order chi connectivity index (χ1) is 18.5. The highest BCUT2D eigenvalue weighted by Gasteiger charge is 2.41. The van der Waals surface area contributed by atoms with E-state index in [9.17, 15) is 24.3 Å². The number of hydroxylamine groups is 1. The number of aliphatic hydroxyl groups is 1. The lowest BCUT2D eigenvalue weighted by atomic mass is 9.96. The van der Waals surface area contributed by atoms with Crippen molar-refractivity contribution in [3.8, 4) is 0 Å². The third kappa shape index (κ3) is 27.2. The number of aliphatic carboxylic acids is 2. The number of nitrogens with zero attached hydrogens (tertiary/aromatic N) is 1. The lowest BCUT2D eigenvalue weighted by Crippen LogP contribution is -2.44. The van der Waals surface area contributed by atoms with Gasteiger partial charge in [-0.2, -0.15) is 5.48 Å². The summed E-state index contributed by atoms with van der Waals surface area (Å²) in [6.07, 6.45) is 17.3. The van der Waals surface area contributed by atoms with Gasteiger partial charge in [0, 0.05) is 6.42 Å². The second kappa shape index (κ2) is 26.0. The summed E-state index contributed by atoms with van der Waals surface area (Å²) in [5.41, 5.74) is -0.883. The first kappa shape index (κ1) is 38.9. The fourth-order valence-corrected chi connectivity index (χ4v) is 4.01. The molecule has 10 heteroatoms. The van der Waals surface area contributed by atoms with Crippen LogP contribution in [0, 0.1) is 0 Å². The summed E-state index contributed by atoms with van der Waals surface area (Å²) in [6.45, 7) is 5.63. The molecule has 0 aromatic rings. The van der Waals surface area contributed by atoms with Crippen LogP contribution in [-0.4, -0.2) is 70.3 Å². The molecule has 0 rings (SSSR count). The van der Waals surface area contributed by atoms with E-state index in [-0.39, 0.29) is 6.42 Å². The van der Waals surface area contributed by atoms with Gasteiger partial charge >= 0.3 is 17.9 Å². The Bertz CT molecular complexity index is 657. The molecule has 1 atom stereocenters. The van der Waals surface area contributed by atoms with Gasteiger partial charge in [0.1, 0.15) is 0 Å². The molecule has 0 saturated heterocycles. The Kier molecular flexibility index (Phi) is 26.0. The van der Waals surface area contributed by atoms with E-state index in [1.54, 1.807) is 0 Å². The topological polar surface area (TPSA) is 153 Å². The molecule has 39 heavy (non-hydrogen) atoms. The number of carboxylic acid groups (broad SMARTS) is 2. The summed E-state index contributed by atoms with van der Waals surface area (Å²) >= 11 is 0. The summed E-state index contributed by atoms with van der Waals surface area (Å²) in [6, 6.07) is 0. The molecule has 1 amide bonds. The average molecular weight is 561 g/mol. The predicted octanol–water partition coefficient (Wildman–Crippen LogP) is 5.46. The van der Waals surface area contributed by atoms with Gasteiger partial charge in [-0.05, 0) is 33.5 Å². The fraction of sp³-hybridized carbons (Fsp3) is 0.862.